The van der Waals surface area contributed by atoms with Gasteiger partial charge in [-0.25, -0.2) is 9.97 Å². The molecule has 22 heavy (non-hydrogen) atoms. The SMILES string of the molecule is CC1CNCCN1c1ncc(OCc2ccncc2Br)cn1. The maximum Gasteiger partial charge on any atom is 0.225 e. The zero-order chi connectivity index (χ0) is 15.4. The van der Waals surface area contributed by atoms with E-state index in [0.717, 1.165) is 35.6 Å². The summed E-state index contributed by atoms with van der Waals surface area (Å²) in [5, 5.41) is 3.36. The number of ether oxygens (including phenoxy) is 1. The van der Waals surface area contributed by atoms with Gasteiger partial charge in [0.05, 0.1) is 12.4 Å². The standard InChI is InChI=1S/C15H18BrN5O/c1-11-6-18-4-5-21(11)15-19-7-13(8-20-15)22-10-12-2-3-17-9-14(12)16/h2-3,7-9,11,18H,4-6,10H2,1H3. The molecule has 116 valence electrons. The van der Waals surface area contributed by atoms with Gasteiger partial charge in [-0.2, -0.15) is 0 Å². The summed E-state index contributed by atoms with van der Waals surface area (Å²) in [4.78, 5) is 15.1. The Labute approximate surface area is 138 Å². The zero-order valence-corrected chi connectivity index (χ0v) is 14.0. The second-order valence-corrected chi connectivity index (χ2v) is 6.08. The molecule has 1 aliphatic rings. The number of anilines is 1. The van der Waals surface area contributed by atoms with Crippen molar-refractivity contribution in [3.05, 3.63) is 40.9 Å². The fourth-order valence-electron chi connectivity index (χ4n) is 2.35. The Morgan fingerprint density at radius 1 is 1.36 bits per heavy atom. The largest absolute Gasteiger partial charge is 0.486 e. The summed E-state index contributed by atoms with van der Waals surface area (Å²) in [6, 6.07) is 2.31. The summed E-state index contributed by atoms with van der Waals surface area (Å²) in [5.41, 5.74) is 1.04. The van der Waals surface area contributed by atoms with Crippen LogP contribution < -0.4 is 15.0 Å². The lowest BCUT2D eigenvalue weighted by molar-refractivity contribution is 0.302. The summed E-state index contributed by atoms with van der Waals surface area (Å²) in [6.45, 7) is 5.46. The van der Waals surface area contributed by atoms with Gasteiger partial charge in [0.15, 0.2) is 5.75 Å². The molecule has 0 saturated carbocycles. The molecule has 0 amide bonds. The summed E-state index contributed by atoms with van der Waals surface area (Å²) in [6.07, 6.45) is 6.96. The molecule has 3 heterocycles. The van der Waals surface area contributed by atoms with E-state index >= 15 is 0 Å². The minimum absolute atomic E-state index is 0.397. The smallest absolute Gasteiger partial charge is 0.225 e. The van der Waals surface area contributed by atoms with Gasteiger partial charge in [0.2, 0.25) is 5.95 Å². The van der Waals surface area contributed by atoms with E-state index in [9.17, 15) is 0 Å². The predicted octanol–water partition coefficient (Wildman–Crippen LogP) is 2.01. The van der Waals surface area contributed by atoms with E-state index in [1.165, 1.54) is 0 Å². The van der Waals surface area contributed by atoms with Crippen LogP contribution in [0.5, 0.6) is 5.75 Å². The number of hydrogen-bond acceptors (Lipinski definition) is 6. The summed E-state index contributed by atoms with van der Waals surface area (Å²) in [5.74, 6) is 1.42. The molecule has 0 bridgehead atoms. The molecule has 3 rings (SSSR count). The molecular weight excluding hydrogens is 346 g/mol. The van der Waals surface area contributed by atoms with Gasteiger partial charge >= 0.3 is 0 Å². The lowest BCUT2D eigenvalue weighted by atomic mass is 10.2. The summed E-state index contributed by atoms with van der Waals surface area (Å²) < 4.78 is 6.66. The van der Waals surface area contributed by atoms with E-state index in [-0.39, 0.29) is 0 Å². The molecule has 1 unspecified atom stereocenters. The molecule has 0 radical (unpaired) electrons. The molecule has 0 aliphatic carbocycles. The maximum absolute atomic E-state index is 5.73. The van der Waals surface area contributed by atoms with E-state index < -0.39 is 0 Å². The van der Waals surface area contributed by atoms with Gasteiger partial charge in [-0.3, -0.25) is 4.98 Å². The van der Waals surface area contributed by atoms with Crippen molar-refractivity contribution < 1.29 is 4.74 Å². The third-order valence-corrected chi connectivity index (χ3v) is 4.34. The molecule has 1 saturated heterocycles. The predicted molar refractivity (Wildman–Crippen MR) is 88.0 cm³/mol. The zero-order valence-electron chi connectivity index (χ0n) is 12.4. The molecule has 1 N–H and O–H groups in total. The molecule has 1 aliphatic heterocycles. The topological polar surface area (TPSA) is 63.2 Å². The van der Waals surface area contributed by atoms with Gasteiger partial charge in [-0.15, -0.1) is 0 Å². The highest BCUT2D eigenvalue weighted by Crippen LogP contribution is 2.19. The van der Waals surface area contributed by atoms with Crippen LogP contribution in [-0.2, 0) is 6.61 Å². The fourth-order valence-corrected chi connectivity index (χ4v) is 2.72. The fraction of sp³-hybridized carbons (Fsp3) is 0.400. The molecule has 1 atom stereocenters. The molecule has 1 fully saturated rings. The van der Waals surface area contributed by atoms with Crippen molar-refractivity contribution in [3.8, 4) is 5.75 Å². The lowest BCUT2D eigenvalue weighted by Gasteiger charge is -2.33. The molecule has 0 aromatic carbocycles. The van der Waals surface area contributed by atoms with Gasteiger partial charge in [0.1, 0.15) is 6.61 Å². The first-order valence-corrected chi connectivity index (χ1v) is 8.04. The Morgan fingerprint density at radius 2 is 2.18 bits per heavy atom. The Balaban J connectivity index is 1.63. The first-order valence-electron chi connectivity index (χ1n) is 7.24. The lowest BCUT2D eigenvalue weighted by Crippen LogP contribution is -2.50. The van der Waals surface area contributed by atoms with Gasteiger partial charge in [0, 0.05) is 48.1 Å². The van der Waals surface area contributed by atoms with E-state index in [2.05, 4.69) is 48.0 Å². The van der Waals surface area contributed by atoms with E-state index in [1.807, 2.05) is 6.07 Å². The number of nitrogens with one attached hydrogen (secondary N) is 1. The minimum Gasteiger partial charge on any atom is -0.486 e. The minimum atomic E-state index is 0.397. The molecular formula is C15H18BrN5O. The monoisotopic (exact) mass is 363 g/mol. The summed E-state index contributed by atoms with van der Waals surface area (Å²) in [7, 11) is 0. The van der Waals surface area contributed by atoms with Crippen molar-refractivity contribution in [2.24, 2.45) is 0 Å². The van der Waals surface area contributed by atoms with Crippen molar-refractivity contribution in [1.29, 1.82) is 0 Å². The van der Waals surface area contributed by atoms with Crippen LogP contribution in [0.25, 0.3) is 0 Å². The molecule has 6 nitrogen and oxygen atoms in total. The second kappa shape index (κ2) is 7.02. The van der Waals surface area contributed by atoms with Gasteiger partial charge < -0.3 is 15.0 Å². The Morgan fingerprint density at radius 3 is 2.91 bits per heavy atom. The van der Waals surface area contributed by atoms with E-state index in [0.29, 0.717) is 18.4 Å². The number of nitrogens with zero attached hydrogens (tertiary/aromatic N) is 4. The third-order valence-electron chi connectivity index (χ3n) is 3.62. The highest BCUT2D eigenvalue weighted by atomic mass is 79.9. The van der Waals surface area contributed by atoms with Crippen LogP contribution in [0.2, 0.25) is 0 Å². The average Bonchev–Trinajstić information content (AvgIpc) is 2.55. The number of halogens is 1. The van der Waals surface area contributed by atoms with Crippen LogP contribution in [-0.4, -0.2) is 40.6 Å². The first kappa shape index (κ1) is 15.2. The van der Waals surface area contributed by atoms with Gasteiger partial charge in [0.25, 0.3) is 0 Å². The molecule has 2 aromatic heterocycles. The number of rotatable bonds is 4. The Bertz CT molecular complexity index is 622. The summed E-state index contributed by atoms with van der Waals surface area (Å²) >= 11 is 3.45. The first-order chi connectivity index (χ1) is 10.7. The normalized spacial score (nSPS) is 18.3. The van der Waals surface area contributed by atoms with Crippen LogP contribution in [0.3, 0.4) is 0 Å². The van der Waals surface area contributed by atoms with Crippen LogP contribution >= 0.6 is 15.9 Å². The van der Waals surface area contributed by atoms with E-state index in [4.69, 9.17) is 4.74 Å². The number of pyridine rings is 1. The number of piperazine rings is 1. The second-order valence-electron chi connectivity index (χ2n) is 5.22. The average molecular weight is 364 g/mol. The third kappa shape index (κ3) is 3.53. The molecule has 7 heteroatoms. The number of aromatic nitrogens is 3. The number of hydrogen-bond donors (Lipinski definition) is 1. The van der Waals surface area contributed by atoms with Crippen LogP contribution in [0.15, 0.2) is 35.3 Å². The quantitative estimate of drug-likeness (QED) is 0.896. The highest BCUT2D eigenvalue weighted by Gasteiger charge is 2.20. The van der Waals surface area contributed by atoms with Crippen LogP contribution in [0.4, 0.5) is 5.95 Å². The molecule has 0 spiro atoms. The van der Waals surface area contributed by atoms with Crippen molar-refractivity contribution in [3.63, 3.8) is 0 Å². The Kier molecular flexibility index (Phi) is 4.84. The Hall–Kier alpha value is -1.73. The van der Waals surface area contributed by atoms with Crippen molar-refractivity contribution >= 4 is 21.9 Å². The van der Waals surface area contributed by atoms with Gasteiger partial charge in [-0.1, -0.05) is 0 Å². The van der Waals surface area contributed by atoms with Gasteiger partial charge in [-0.05, 0) is 28.9 Å². The maximum atomic E-state index is 5.73. The van der Waals surface area contributed by atoms with E-state index in [1.54, 1.807) is 24.8 Å². The van der Waals surface area contributed by atoms with Crippen molar-refractivity contribution in [2.75, 3.05) is 24.5 Å². The van der Waals surface area contributed by atoms with Crippen LogP contribution in [0.1, 0.15) is 12.5 Å². The van der Waals surface area contributed by atoms with Crippen LogP contribution in [0, 0.1) is 0 Å². The van der Waals surface area contributed by atoms with Crippen molar-refractivity contribution in [1.82, 2.24) is 20.3 Å². The highest BCUT2D eigenvalue weighted by molar-refractivity contribution is 9.10. The van der Waals surface area contributed by atoms with Crippen molar-refractivity contribution in [2.45, 2.75) is 19.6 Å². The molecule has 2 aromatic rings.